The molecule has 3 rings (SSSR count). The van der Waals surface area contributed by atoms with Crippen molar-refractivity contribution in [3.05, 3.63) is 53.7 Å². The molecule has 0 spiro atoms. The number of carbonyl (C=O) groups is 2. The summed E-state index contributed by atoms with van der Waals surface area (Å²) in [4.78, 5) is 27.7. The number of amides is 2. The highest BCUT2D eigenvalue weighted by Gasteiger charge is 2.30. The molecule has 2 amide bonds. The van der Waals surface area contributed by atoms with E-state index in [1.165, 1.54) is 6.92 Å². The average molecular weight is 367 g/mol. The summed E-state index contributed by atoms with van der Waals surface area (Å²) >= 11 is 0. The van der Waals surface area contributed by atoms with Crippen molar-refractivity contribution >= 4 is 11.8 Å². The predicted molar refractivity (Wildman–Crippen MR) is 103 cm³/mol. The lowest BCUT2D eigenvalue weighted by atomic mass is 10.0. The number of hydrogen-bond donors (Lipinski definition) is 2. The van der Waals surface area contributed by atoms with Gasteiger partial charge in [0.25, 0.3) is 5.91 Å². The fourth-order valence-electron chi connectivity index (χ4n) is 3.06. The summed E-state index contributed by atoms with van der Waals surface area (Å²) in [6.07, 6.45) is 3.75. The van der Waals surface area contributed by atoms with Crippen molar-refractivity contribution in [2.75, 3.05) is 13.2 Å². The lowest BCUT2D eigenvalue weighted by Gasteiger charge is -2.23. The van der Waals surface area contributed by atoms with Crippen LogP contribution >= 0.6 is 0 Å². The molecule has 0 unspecified atom stereocenters. The van der Waals surface area contributed by atoms with E-state index < -0.39 is 0 Å². The van der Waals surface area contributed by atoms with Crippen LogP contribution in [0.15, 0.2) is 42.6 Å². The van der Waals surface area contributed by atoms with Crippen LogP contribution < -0.4 is 10.6 Å². The molecule has 0 saturated carbocycles. The molecule has 1 fully saturated rings. The van der Waals surface area contributed by atoms with Crippen LogP contribution in [0.1, 0.15) is 42.6 Å². The van der Waals surface area contributed by atoms with Gasteiger partial charge in [-0.15, -0.1) is 0 Å². The van der Waals surface area contributed by atoms with Gasteiger partial charge in [0, 0.05) is 43.9 Å². The monoisotopic (exact) mass is 367 g/mol. The Morgan fingerprint density at radius 1 is 1.15 bits per heavy atom. The quantitative estimate of drug-likeness (QED) is 0.823. The van der Waals surface area contributed by atoms with Crippen molar-refractivity contribution in [3.63, 3.8) is 0 Å². The fourth-order valence-corrected chi connectivity index (χ4v) is 3.06. The zero-order chi connectivity index (χ0) is 19.3. The van der Waals surface area contributed by atoms with Crippen LogP contribution in [0.25, 0.3) is 11.3 Å². The first-order valence-electron chi connectivity index (χ1n) is 9.17. The van der Waals surface area contributed by atoms with Gasteiger partial charge in [-0.1, -0.05) is 18.2 Å². The van der Waals surface area contributed by atoms with Gasteiger partial charge >= 0.3 is 0 Å². The molecule has 1 aliphatic rings. The van der Waals surface area contributed by atoms with E-state index >= 15 is 0 Å². The molecular formula is C21H25N3O3. The van der Waals surface area contributed by atoms with Gasteiger partial charge in [0.15, 0.2) is 0 Å². The third-order valence-corrected chi connectivity index (χ3v) is 4.73. The average Bonchev–Trinajstić information content (AvgIpc) is 3.12. The van der Waals surface area contributed by atoms with Crippen molar-refractivity contribution in [1.82, 2.24) is 15.6 Å². The Morgan fingerprint density at radius 2 is 1.93 bits per heavy atom. The van der Waals surface area contributed by atoms with Crippen molar-refractivity contribution < 1.29 is 14.3 Å². The van der Waals surface area contributed by atoms with Gasteiger partial charge in [-0.25, -0.2) is 0 Å². The predicted octanol–water partition coefficient (Wildman–Crippen LogP) is 2.68. The largest absolute Gasteiger partial charge is 0.373 e. The summed E-state index contributed by atoms with van der Waals surface area (Å²) in [5.74, 6) is -0.168. The van der Waals surface area contributed by atoms with E-state index in [0.29, 0.717) is 18.7 Å². The van der Waals surface area contributed by atoms with Crippen molar-refractivity contribution in [3.8, 4) is 11.3 Å². The number of hydrogen-bond acceptors (Lipinski definition) is 4. The fraction of sp³-hybridized carbons (Fsp3) is 0.381. The minimum absolute atomic E-state index is 0.0681. The second-order valence-electron chi connectivity index (χ2n) is 7.12. The Kier molecular flexibility index (Phi) is 5.86. The Labute approximate surface area is 159 Å². The molecule has 2 heterocycles. The van der Waals surface area contributed by atoms with E-state index in [2.05, 4.69) is 15.6 Å². The first-order valence-corrected chi connectivity index (χ1v) is 9.17. The molecule has 1 aromatic heterocycles. The van der Waals surface area contributed by atoms with Gasteiger partial charge in [0.1, 0.15) is 0 Å². The first kappa shape index (κ1) is 19.0. The van der Waals surface area contributed by atoms with Crippen LogP contribution in [0.4, 0.5) is 0 Å². The van der Waals surface area contributed by atoms with Crippen LogP contribution in [-0.2, 0) is 16.1 Å². The molecule has 0 aliphatic carbocycles. The second-order valence-corrected chi connectivity index (χ2v) is 7.12. The second kappa shape index (κ2) is 8.31. The molecular weight excluding hydrogens is 342 g/mol. The normalized spacial score (nSPS) is 18.9. The van der Waals surface area contributed by atoms with Crippen LogP contribution in [0.5, 0.6) is 0 Å². The van der Waals surface area contributed by atoms with Gasteiger partial charge in [-0.05, 0) is 43.5 Å². The van der Waals surface area contributed by atoms with E-state index in [9.17, 15) is 9.59 Å². The van der Waals surface area contributed by atoms with Gasteiger partial charge in [0.05, 0.1) is 11.3 Å². The Hall–Kier alpha value is -2.73. The molecule has 142 valence electrons. The number of carbonyl (C=O) groups excluding carboxylic acids is 2. The highest BCUT2D eigenvalue weighted by Crippen LogP contribution is 2.24. The van der Waals surface area contributed by atoms with Crippen LogP contribution in [0.2, 0.25) is 0 Å². The molecule has 6 nitrogen and oxygen atoms in total. The van der Waals surface area contributed by atoms with E-state index in [4.69, 9.17) is 4.74 Å². The Bertz CT molecular complexity index is 794. The van der Waals surface area contributed by atoms with E-state index in [1.807, 2.05) is 31.2 Å². The molecule has 6 heteroatoms. The van der Waals surface area contributed by atoms with Crippen LogP contribution in [0, 0.1) is 0 Å². The van der Waals surface area contributed by atoms with Crippen LogP contribution in [0.3, 0.4) is 0 Å². The van der Waals surface area contributed by atoms with E-state index in [-0.39, 0.29) is 17.4 Å². The third kappa shape index (κ3) is 5.14. The third-order valence-electron chi connectivity index (χ3n) is 4.73. The van der Waals surface area contributed by atoms with Gasteiger partial charge in [0.2, 0.25) is 5.91 Å². The highest BCUT2D eigenvalue weighted by molar-refractivity contribution is 5.94. The smallest absolute Gasteiger partial charge is 0.251 e. The summed E-state index contributed by atoms with van der Waals surface area (Å²) in [6, 6.07) is 11.2. The zero-order valence-electron chi connectivity index (χ0n) is 15.7. The lowest BCUT2D eigenvalue weighted by Crippen LogP contribution is -2.40. The summed E-state index contributed by atoms with van der Waals surface area (Å²) in [5, 5.41) is 5.70. The first-order chi connectivity index (χ1) is 13.0. The minimum Gasteiger partial charge on any atom is -0.373 e. The number of aromatic nitrogens is 1. The number of nitrogens with one attached hydrogen (secondary N) is 2. The molecule has 1 aliphatic heterocycles. The van der Waals surface area contributed by atoms with Crippen LogP contribution in [-0.4, -0.2) is 35.6 Å². The van der Waals surface area contributed by atoms with Gasteiger partial charge in [-0.3, -0.25) is 14.6 Å². The molecule has 27 heavy (non-hydrogen) atoms. The minimum atomic E-state index is -0.251. The number of rotatable bonds is 6. The standard InChI is InChI=1S/C21H25N3O3/c1-15(25)22-12-16-4-9-19(23-13-16)17-5-7-18(8-6-17)20(26)24-14-21(2)10-3-11-27-21/h4-9,13H,3,10-12,14H2,1-2H3,(H,22,25)(H,24,26)/t21-/m0/s1. The van der Waals surface area contributed by atoms with Crippen molar-refractivity contribution in [2.24, 2.45) is 0 Å². The SMILES string of the molecule is CC(=O)NCc1ccc(-c2ccc(C(=O)NC[C@]3(C)CCCO3)cc2)nc1. The number of nitrogens with zero attached hydrogens (tertiary/aromatic N) is 1. The molecule has 0 bridgehead atoms. The van der Waals surface area contributed by atoms with E-state index in [0.717, 1.165) is 36.3 Å². The molecule has 2 N–H and O–H groups in total. The zero-order valence-corrected chi connectivity index (χ0v) is 15.7. The number of ether oxygens (including phenoxy) is 1. The Balaban J connectivity index is 1.59. The highest BCUT2D eigenvalue weighted by atomic mass is 16.5. The van der Waals surface area contributed by atoms with Crippen molar-refractivity contribution in [1.29, 1.82) is 0 Å². The summed E-state index contributed by atoms with van der Waals surface area (Å²) in [7, 11) is 0. The summed E-state index contributed by atoms with van der Waals surface area (Å²) in [6.45, 7) is 5.26. The molecule has 0 radical (unpaired) electrons. The molecule has 1 aromatic carbocycles. The lowest BCUT2D eigenvalue weighted by molar-refractivity contribution is -0.119. The maximum atomic E-state index is 12.3. The van der Waals surface area contributed by atoms with Crippen molar-refractivity contribution in [2.45, 2.75) is 38.8 Å². The molecule has 2 aromatic rings. The van der Waals surface area contributed by atoms with E-state index in [1.54, 1.807) is 18.3 Å². The maximum Gasteiger partial charge on any atom is 0.251 e. The maximum absolute atomic E-state index is 12.3. The Morgan fingerprint density at radius 3 is 2.52 bits per heavy atom. The summed E-state index contributed by atoms with van der Waals surface area (Å²) < 4.78 is 5.70. The number of benzene rings is 1. The van der Waals surface area contributed by atoms with Gasteiger partial charge < -0.3 is 15.4 Å². The topological polar surface area (TPSA) is 80.3 Å². The molecule has 1 saturated heterocycles. The molecule has 1 atom stereocenters. The number of pyridine rings is 1. The summed E-state index contributed by atoms with van der Waals surface area (Å²) in [5.41, 5.74) is 3.05. The van der Waals surface area contributed by atoms with Gasteiger partial charge in [-0.2, -0.15) is 0 Å².